The van der Waals surface area contributed by atoms with Gasteiger partial charge in [0.1, 0.15) is 18.6 Å². The highest BCUT2D eigenvalue weighted by Crippen LogP contribution is 2.46. The number of hydrogen-bond acceptors (Lipinski definition) is 7. The average molecular weight is 435 g/mol. The third kappa shape index (κ3) is 3.86. The average Bonchev–Trinajstić information content (AvgIpc) is 3.18. The molecule has 9 heteroatoms. The summed E-state index contributed by atoms with van der Waals surface area (Å²) in [5, 5.41) is 4.62. The first-order valence-corrected chi connectivity index (χ1v) is 10.5. The van der Waals surface area contributed by atoms with Crippen molar-refractivity contribution < 1.29 is 13.7 Å². The Morgan fingerprint density at radius 1 is 1.19 bits per heavy atom. The van der Waals surface area contributed by atoms with Crippen molar-refractivity contribution in [2.24, 2.45) is 0 Å². The van der Waals surface area contributed by atoms with Crippen LogP contribution in [0.3, 0.4) is 0 Å². The molecule has 8 nitrogen and oxygen atoms in total. The molecule has 0 bridgehead atoms. The molecule has 0 aliphatic heterocycles. The van der Waals surface area contributed by atoms with Gasteiger partial charge in [0.15, 0.2) is 11.5 Å². The van der Waals surface area contributed by atoms with E-state index >= 15 is 0 Å². The number of pyridine rings is 1. The Morgan fingerprint density at radius 2 is 1.97 bits per heavy atom. The van der Waals surface area contributed by atoms with E-state index in [-0.39, 0.29) is 18.0 Å². The zero-order chi connectivity index (χ0) is 22.2. The maximum absolute atomic E-state index is 12.9. The van der Waals surface area contributed by atoms with Crippen molar-refractivity contribution in [2.75, 3.05) is 0 Å². The lowest BCUT2D eigenvalue weighted by atomic mass is 9.71. The number of alkyl halides is 1. The predicted octanol–water partition coefficient (Wildman–Crippen LogP) is 3.89. The topological polar surface area (TPSA) is 95.9 Å². The molecule has 32 heavy (non-hydrogen) atoms. The molecule has 1 fully saturated rings. The van der Waals surface area contributed by atoms with Crippen LogP contribution in [-0.4, -0.2) is 31.0 Å². The lowest BCUT2D eigenvalue weighted by Crippen LogP contribution is -2.23. The van der Waals surface area contributed by atoms with Crippen LogP contribution in [0.2, 0.25) is 0 Å². The fraction of sp³-hybridized carbons (Fsp3) is 0.348. The van der Waals surface area contributed by atoms with Gasteiger partial charge in [-0.3, -0.25) is 9.36 Å². The predicted molar refractivity (Wildman–Crippen MR) is 114 cm³/mol. The zero-order valence-corrected chi connectivity index (χ0v) is 17.7. The number of benzene rings is 1. The van der Waals surface area contributed by atoms with E-state index in [4.69, 9.17) is 9.26 Å². The SMILES string of the molecule is Cc1ccnc2ncn(Cc3nc(C4CC(c5ccc(OC(C)F)cc5)C4)no3)c(=O)c12. The summed E-state index contributed by atoms with van der Waals surface area (Å²) in [6, 6.07) is 9.30. The number of halogens is 1. The maximum Gasteiger partial charge on any atom is 0.263 e. The monoisotopic (exact) mass is 435 g/mol. The summed E-state index contributed by atoms with van der Waals surface area (Å²) in [5.41, 5.74) is 2.25. The van der Waals surface area contributed by atoms with Crippen molar-refractivity contribution in [3.63, 3.8) is 0 Å². The quantitative estimate of drug-likeness (QED) is 0.453. The van der Waals surface area contributed by atoms with Gasteiger partial charge in [0, 0.05) is 19.0 Å². The Morgan fingerprint density at radius 3 is 2.72 bits per heavy atom. The Kier molecular flexibility index (Phi) is 5.16. The minimum Gasteiger partial charge on any atom is -0.461 e. The lowest BCUT2D eigenvalue weighted by Gasteiger charge is -2.33. The number of aryl methyl sites for hydroxylation is 1. The molecule has 1 aliphatic carbocycles. The van der Waals surface area contributed by atoms with Gasteiger partial charge in [0.05, 0.1) is 5.39 Å². The van der Waals surface area contributed by atoms with Crippen LogP contribution in [0.15, 0.2) is 52.2 Å². The number of aromatic nitrogens is 5. The van der Waals surface area contributed by atoms with Crippen molar-refractivity contribution >= 4 is 11.0 Å². The molecular formula is C23H22FN5O3. The fourth-order valence-electron chi connectivity index (χ4n) is 4.09. The standard InChI is InChI=1S/C23H22FN5O3/c1-13-7-8-25-22-20(13)23(30)29(12-26-22)11-19-27-21(28-32-19)17-9-16(10-17)15-3-5-18(6-4-15)31-14(2)24/h3-8,12,14,16-17H,9-11H2,1-2H3. The summed E-state index contributed by atoms with van der Waals surface area (Å²) in [4.78, 5) is 25.7. The third-order valence-corrected chi connectivity index (χ3v) is 5.88. The smallest absolute Gasteiger partial charge is 0.263 e. The van der Waals surface area contributed by atoms with Crippen LogP contribution in [0.25, 0.3) is 11.0 Å². The van der Waals surface area contributed by atoms with E-state index < -0.39 is 6.36 Å². The summed E-state index contributed by atoms with van der Waals surface area (Å²) in [6.07, 6.45) is 3.57. The van der Waals surface area contributed by atoms with Gasteiger partial charge in [0.2, 0.25) is 12.2 Å². The van der Waals surface area contributed by atoms with E-state index in [1.54, 1.807) is 24.4 Å². The Labute approximate surface area is 183 Å². The molecule has 1 atom stereocenters. The van der Waals surface area contributed by atoms with Crippen LogP contribution in [0, 0.1) is 6.92 Å². The van der Waals surface area contributed by atoms with E-state index in [1.807, 2.05) is 19.1 Å². The van der Waals surface area contributed by atoms with Gasteiger partial charge >= 0.3 is 0 Å². The van der Waals surface area contributed by atoms with Gasteiger partial charge < -0.3 is 9.26 Å². The highest BCUT2D eigenvalue weighted by atomic mass is 19.1. The molecule has 1 aliphatic rings. The fourth-order valence-corrected chi connectivity index (χ4v) is 4.09. The molecule has 3 aromatic heterocycles. The van der Waals surface area contributed by atoms with Crippen LogP contribution >= 0.6 is 0 Å². The molecule has 164 valence electrons. The van der Waals surface area contributed by atoms with Crippen molar-refractivity contribution in [3.05, 3.63) is 76.1 Å². The molecule has 0 spiro atoms. The highest BCUT2D eigenvalue weighted by Gasteiger charge is 2.34. The summed E-state index contributed by atoms with van der Waals surface area (Å²) in [7, 11) is 0. The van der Waals surface area contributed by atoms with Gasteiger partial charge in [0.25, 0.3) is 5.56 Å². The second kappa shape index (κ2) is 8.14. The van der Waals surface area contributed by atoms with E-state index in [0.717, 1.165) is 18.4 Å². The maximum atomic E-state index is 12.9. The Hall–Kier alpha value is -3.62. The van der Waals surface area contributed by atoms with Gasteiger partial charge in [-0.2, -0.15) is 4.98 Å². The number of ether oxygens (including phenoxy) is 1. The highest BCUT2D eigenvalue weighted by molar-refractivity contribution is 5.76. The first-order valence-electron chi connectivity index (χ1n) is 10.5. The second-order valence-electron chi connectivity index (χ2n) is 8.15. The minimum atomic E-state index is -1.33. The molecule has 3 heterocycles. The van der Waals surface area contributed by atoms with Gasteiger partial charge in [-0.15, -0.1) is 0 Å². The largest absolute Gasteiger partial charge is 0.461 e. The summed E-state index contributed by atoms with van der Waals surface area (Å²) in [5.74, 6) is 2.14. The van der Waals surface area contributed by atoms with Crippen molar-refractivity contribution in [1.82, 2.24) is 24.7 Å². The van der Waals surface area contributed by atoms with Crippen LogP contribution in [0.1, 0.15) is 54.4 Å². The molecule has 1 unspecified atom stereocenters. The van der Waals surface area contributed by atoms with E-state index in [0.29, 0.717) is 34.4 Å². The number of hydrogen-bond donors (Lipinski definition) is 0. The van der Waals surface area contributed by atoms with E-state index in [2.05, 4.69) is 20.1 Å². The van der Waals surface area contributed by atoms with Gasteiger partial charge in [-0.05, 0) is 55.0 Å². The summed E-state index contributed by atoms with van der Waals surface area (Å²) in [6.45, 7) is 3.37. The molecule has 1 saturated carbocycles. The Bertz CT molecular complexity index is 1310. The summed E-state index contributed by atoms with van der Waals surface area (Å²) < 4.78 is 24.8. The van der Waals surface area contributed by atoms with Gasteiger partial charge in [-0.1, -0.05) is 17.3 Å². The number of fused-ring (bicyclic) bond motifs is 1. The first-order chi connectivity index (χ1) is 15.5. The summed E-state index contributed by atoms with van der Waals surface area (Å²) >= 11 is 0. The number of nitrogens with zero attached hydrogens (tertiary/aromatic N) is 5. The molecule has 0 saturated heterocycles. The Balaban J connectivity index is 1.25. The van der Waals surface area contributed by atoms with E-state index in [9.17, 15) is 9.18 Å². The molecule has 1 aromatic carbocycles. The molecule has 0 radical (unpaired) electrons. The zero-order valence-electron chi connectivity index (χ0n) is 17.7. The van der Waals surface area contributed by atoms with Crippen LogP contribution in [-0.2, 0) is 6.54 Å². The molecule has 0 N–H and O–H groups in total. The molecule has 0 amide bonds. The van der Waals surface area contributed by atoms with E-state index in [1.165, 1.54) is 23.4 Å². The number of rotatable bonds is 6. The third-order valence-electron chi connectivity index (χ3n) is 5.88. The molecule has 5 rings (SSSR count). The van der Waals surface area contributed by atoms with Crippen LogP contribution in [0.4, 0.5) is 4.39 Å². The molecule has 4 aromatic rings. The lowest BCUT2D eigenvalue weighted by molar-refractivity contribution is 0.0860. The normalized spacial score (nSPS) is 19.0. The first kappa shape index (κ1) is 20.3. The molecular weight excluding hydrogens is 413 g/mol. The van der Waals surface area contributed by atoms with Crippen molar-refractivity contribution in [1.29, 1.82) is 0 Å². The minimum absolute atomic E-state index is 0.160. The van der Waals surface area contributed by atoms with Crippen molar-refractivity contribution in [3.8, 4) is 5.75 Å². The van der Waals surface area contributed by atoms with Crippen LogP contribution in [0.5, 0.6) is 5.75 Å². The van der Waals surface area contributed by atoms with Gasteiger partial charge in [-0.25, -0.2) is 14.4 Å². The second-order valence-corrected chi connectivity index (χ2v) is 8.15. The van der Waals surface area contributed by atoms with Crippen molar-refractivity contribution in [2.45, 2.75) is 51.4 Å². The van der Waals surface area contributed by atoms with Crippen LogP contribution < -0.4 is 10.3 Å².